The van der Waals surface area contributed by atoms with Gasteiger partial charge in [-0.3, -0.25) is 4.79 Å². The van der Waals surface area contributed by atoms with Crippen LogP contribution in [-0.4, -0.2) is 17.5 Å². The Kier molecular flexibility index (Phi) is 5.67. The highest BCUT2D eigenvalue weighted by atomic mass is 32.1. The van der Waals surface area contributed by atoms with Crippen LogP contribution < -0.4 is 10.1 Å². The van der Waals surface area contributed by atoms with E-state index in [2.05, 4.69) is 16.2 Å². The SMILES string of the molecule is C#Cc1cccc(NC(=O)Cc2csc(-c3ccc(OCC)cc3)n2)c1. The van der Waals surface area contributed by atoms with Gasteiger partial charge in [0, 0.05) is 22.2 Å². The van der Waals surface area contributed by atoms with E-state index in [4.69, 9.17) is 11.2 Å². The molecular formula is C21H18N2O2S. The maximum atomic E-state index is 12.2. The highest BCUT2D eigenvalue weighted by Gasteiger charge is 2.10. The van der Waals surface area contributed by atoms with E-state index in [0.717, 1.165) is 27.6 Å². The molecule has 3 aromatic rings. The van der Waals surface area contributed by atoms with E-state index < -0.39 is 0 Å². The van der Waals surface area contributed by atoms with Gasteiger partial charge in [0.1, 0.15) is 10.8 Å². The highest BCUT2D eigenvalue weighted by Crippen LogP contribution is 2.26. The molecule has 2 aromatic carbocycles. The van der Waals surface area contributed by atoms with E-state index in [0.29, 0.717) is 12.3 Å². The highest BCUT2D eigenvalue weighted by molar-refractivity contribution is 7.13. The lowest BCUT2D eigenvalue weighted by molar-refractivity contribution is -0.115. The molecule has 0 aliphatic rings. The molecular weight excluding hydrogens is 344 g/mol. The van der Waals surface area contributed by atoms with Crippen molar-refractivity contribution in [3.05, 3.63) is 65.2 Å². The number of ether oxygens (including phenoxy) is 1. The van der Waals surface area contributed by atoms with Crippen molar-refractivity contribution in [2.45, 2.75) is 13.3 Å². The molecule has 0 radical (unpaired) electrons. The lowest BCUT2D eigenvalue weighted by atomic mass is 10.2. The van der Waals surface area contributed by atoms with E-state index >= 15 is 0 Å². The average Bonchev–Trinajstić information content (AvgIpc) is 3.11. The van der Waals surface area contributed by atoms with Crippen LogP contribution in [0.1, 0.15) is 18.2 Å². The zero-order chi connectivity index (χ0) is 18.4. The lowest BCUT2D eigenvalue weighted by Crippen LogP contribution is -2.14. The molecule has 0 aliphatic heterocycles. The summed E-state index contributed by atoms with van der Waals surface area (Å²) in [6.45, 7) is 2.59. The van der Waals surface area contributed by atoms with Crippen LogP contribution >= 0.6 is 11.3 Å². The number of terminal acetylenes is 1. The number of aromatic nitrogens is 1. The second kappa shape index (κ2) is 8.32. The van der Waals surface area contributed by atoms with Crippen LogP contribution in [0.5, 0.6) is 5.75 Å². The summed E-state index contributed by atoms with van der Waals surface area (Å²) in [7, 11) is 0. The topological polar surface area (TPSA) is 51.2 Å². The van der Waals surface area contributed by atoms with Crippen LogP contribution in [-0.2, 0) is 11.2 Å². The van der Waals surface area contributed by atoms with Crippen molar-refractivity contribution in [1.82, 2.24) is 4.98 Å². The summed E-state index contributed by atoms with van der Waals surface area (Å²) in [5.41, 5.74) is 3.16. The quantitative estimate of drug-likeness (QED) is 0.663. The molecule has 26 heavy (non-hydrogen) atoms. The Bertz CT molecular complexity index is 939. The minimum Gasteiger partial charge on any atom is -0.494 e. The molecule has 0 saturated carbocycles. The normalized spacial score (nSPS) is 10.2. The molecule has 0 fully saturated rings. The Morgan fingerprint density at radius 3 is 2.81 bits per heavy atom. The fourth-order valence-electron chi connectivity index (χ4n) is 2.44. The molecule has 0 saturated heterocycles. The second-order valence-corrected chi connectivity index (χ2v) is 6.41. The van der Waals surface area contributed by atoms with Gasteiger partial charge < -0.3 is 10.1 Å². The molecule has 0 bridgehead atoms. The third-order valence-corrected chi connectivity index (χ3v) is 4.56. The monoisotopic (exact) mass is 362 g/mol. The maximum Gasteiger partial charge on any atom is 0.230 e. The summed E-state index contributed by atoms with van der Waals surface area (Å²) >= 11 is 1.52. The zero-order valence-corrected chi connectivity index (χ0v) is 15.2. The molecule has 0 aliphatic carbocycles. The largest absolute Gasteiger partial charge is 0.494 e. The van der Waals surface area contributed by atoms with Gasteiger partial charge >= 0.3 is 0 Å². The summed E-state index contributed by atoms with van der Waals surface area (Å²) in [6, 6.07) is 15.0. The molecule has 3 rings (SSSR count). The second-order valence-electron chi connectivity index (χ2n) is 5.55. The predicted octanol–water partition coefficient (Wildman–Crippen LogP) is 4.37. The van der Waals surface area contributed by atoms with Gasteiger partial charge in [-0.1, -0.05) is 12.0 Å². The van der Waals surface area contributed by atoms with Gasteiger partial charge in [0.15, 0.2) is 0 Å². The number of rotatable bonds is 6. The number of carbonyl (C=O) groups is 1. The van der Waals surface area contributed by atoms with Crippen LogP contribution in [0, 0.1) is 12.3 Å². The number of carbonyl (C=O) groups excluding carboxylic acids is 1. The van der Waals surface area contributed by atoms with Crippen molar-refractivity contribution >= 4 is 22.9 Å². The van der Waals surface area contributed by atoms with Gasteiger partial charge in [-0.25, -0.2) is 4.98 Å². The minimum absolute atomic E-state index is 0.122. The third kappa shape index (κ3) is 4.50. The van der Waals surface area contributed by atoms with E-state index in [1.807, 2.05) is 54.8 Å². The summed E-state index contributed by atoms with van der Waals surface area (Å²) in [4.78, 5) is 16.8. The Morgan fingerprint density at radius 1 is 1.27 bits per heavy atom. The van der Waals surface area contributed by atoms with E-state index in [1.165, 1.54) is 11.3 Å². The summed E-state index contributed by atoms with van der Waals surface area (Å²) in [6.07, 6.45) is 5.59. The first-order chi connectivity index (χ1) is 12.7. The van der Waals surface area contributed by atoms with Gasteiger partial charge in [-0.05, 0) is 49.4 Å². The van der Waals surface area contributed by atoms with E-state index in [1.54, 1.807) is 6.07 Å². The molecule has 1 amide bonds. The molecule has 0 unspecified atom stereocenters. The number of anilines is 1. The van der Waals surface area contributed by atoms with Crippen molar-refractivity contribution in [1.29, 1.82) is 0 Å². The Hall–Kier alpha value is -3.10. The lowest BCUT2D eigenvalue weighted by Gasteiger charge is -2.04. The number of amides is 1. The minimum atomic E-state index is -0.122. The van der Waals surface area contributed by atoms with E-state index in [-0.39, 0.29) is 12.3 Å². The Morgan fingerprint density at radius 2 is 2.08 bits per heavy atom. The van der Waals surface area contributed by atoms with Crippen molar-refractivity contribution in [2.75, 3.05) is 11.9 Å². The van der Waals surface area contributed by atoms with Crippen molar-refractivity contribution in [2.24, 2.45) is 0 Å². The first kappa shape index (κ1) is 17.7. The molecule has 1 aromatic heterocycles. The molecule has 5 heteroatoms. The standard InChI is InChI=1S/C21H18N2O2S/c1-3-15-6-5-7-17(12-15)22-20(24)13-18-14-26-21(23-18)16-8-10-19(11-9-16)25-4-2/h1,5-12,14H,4,13H2,2H3,(H,22,24). The average molecular weight is 362 g/mol. The number of nitrogens with one attached hydrogen (secondary N) is 1. The summed E-state index contributed by atoms with van der Waals surface area (Å²) in [5.74, 6) is 3.27. The molecule has 1 heterocycles. The number of hydrogen-bond acceptors (Lipinski definition) is 4. The fourth-order valence-corrected chi connectivity index (χ4v) is 3.26. The van der Waals surface area contributed by atoms with Crippen LogP contribution in [0.2, 0.25) is 0 Å². The predicted molar refractivity (Wildman–Crippen MR) is 105 cm³/mol. The van der Waals surface area contributed by atoms with Gasteiger partial charge in [0.2, 0.25) is 5.91 Å². The van der Waals surface area contributed by atoms with Gasteiger partial charge in [-0.15, -0.1) is 17.8 Å². The number of benzene rings is 2. The number of thiazole rings is 1. The fraction of sp³-hybridized carbons (Fsp3) is 0.143. The van der Waals surface area contributed by atoms with Crippen molar-refractivity contribution in [3.63, 3.8) is 0 Å². The van der Waals surface area contributed by atoms with Crippen molar-refractivity contribution in [3.8, 4) is 28.7 Å². The molecule has 0 atom stereocenters. The third-order valence-electron chi connectivity index (χ3n) is 3.62. The van der Waals surface area contributed by atoms with Crippen LogP contribution in [0.15, 0.2) is 53.9 Å². The van der Waals surface area contributed by atoms with Gasteiger partial charge in [0.25, 0.3) is 0 Å². The Balaban J connectivity index is 1.64. The van der Waals surface area contributed by atoms with Crippen LogP contribution in [0.25, 0.3) is 10.6 Å². The van der Waals surface area contributed by atoms with Gasteiger partial charge in [0.05, 0.1) is 18.7 Å². The summed E-state index contributed by atoms with van der Waals surface area (Å²) in [5, 5.41) is 5.64. The number of hydrogen-bond donors (Lipinski definition) is 1. The molecule has 1 N–H and O–H groups in total. The molecule has 4 nitrogen and oxygen atoms in total. The maximum absolute atomic E-state index is 12.2. The molecule has 0 spiro atoms. The van der Waals surface area contributed by atoms with Crippen molar-refractivity contribution < 1.29 is 9.53 Å². The number of nitrogens with zero attached hydrogens (tertiary/aromatic N) is 1. The first-order valence-electron chi connectivity index (χ1n) is 8.22. The van der Waals surface area contributed by atoms with Crippen LogP contribution in [0.4, 0.5) is 5.69 Å². The van der Waals surface area contributed by atoms with Crippen LogP contribution in [0.3, 0.4) is 0 Å². The molecule has 130 valence electrons. The van der Waals surface area contributed by atoms with Gasteiger partial charge in [-0.2, -0.15) is 0 Å². The van der Waals surface area contributed by atoms with E-state index in [9.17, 15) is 4.79 Å². The zero-order valence-electron chi connectivity index (χ0n) is 14.4. The smallest absolute Gasteiger partial charge is 0.230 e. The first-order valence-corrected chi connectivity index (χ1v) is 9.10. The Labute approximate surface area is 156 Å². The summed E-state index contributed by atoms with van der Waals surface area (Å²) < 4.78 is 5.45.